The zero-order chi connectivity index (χ0) is 27.0. The molecule has 0 bridgehead atoms. The van der Waals surface area contributed by atoms with E-state index in [2.05, 4.69) is 25.5 Å². The van der Waals surface area contributed by atoms with Gasteiger partial charge in [-0.1, -0.05) is 24.3 Å². The van der Waals surface area contributed by atoms with Crippen LogP contribution in [-0.2, 0) is 14.8 Å². The van der Waals surface area contributed by atoms with Gasteiger partial charge in [-0.05, 0) is 61.0 Å². The Morgan fingerprint density at radius 2 is 1.82 bits per heavy atom. The molecule has 2 N–H and O–H groups in total. The van der Waals surface area contributed by atoms with Crippen LogP contribution >= 0.6 is 11.3 Å². The number of rotatable bonds is 9. The van der Waals surface area contributed by atoms with Crippen molar-refractivity contribution in [1.29, 1.82) is 0 Å². The molecule has 3 aromatic rings. The van der Waals surface area contributed by atoms with E-state index in [4.69, 9.17) is 0 Å². The van der Waals surface area contributed by atoms with Gasteiger partial charge in [-0.2, -0.15) is 4.31 Å². The van der Waals surface area contributed by atoms with E-state index in [1.807, 2.05) is 67.8 Å². The highest BCUT2D eigenvalue weighted by Crippen LogP contribution is 2.23. The van der Waals surface area contributed by atoms with Crippen molar-refractivity contribution < 1.29 is 13.2 Å². The van der Waals surface area contributed by atoms with Crippen LogP contribution in [-0.4, -0.2) is 59.7 Å². The highest BCUT2D eigenvalue weighted by molar-refractivity contribution is 7.91. The lowest BCUT2D eigenvalue weighted by Crippen LogP contribution is -2.46. The van der Waals surface area contributed by atoms with Crippen molar-refractivity contribution in [3.8, 4) is 11.3 Å². The summed E-state index contributed by atoms with van der Waals surface area (Å²) in [5, 5.41) is 7.78. The number of hydrogen-bond acceptors (Lipinski definition) is 8. The van der Waals surface area contributed by atoms with Gasteiger partial charge in [0.2, 0.25) is 11.9 Å². The summed E-state index contributed by atoms with van der Waals surface area (Å²) in [6.07, 6.45) is 11.4. The van der Waals surface area contributed by atoms with Crippen LogP contribution in [0.15, 0.2) is 94.5 Å². The van der Waals surface area contributed by atoms with Crippen molar-refractivity contribution in [2.45, 2.75) is 18.1 Å². The Kier molecular flexibility index (Phi) is 9.06. The number of hydrogen-bond donors (Lipinski definition) is 2. The zero-order valence-corrected chi connectivity index (χ0v) is 22.9. The minimum absolute atomic E-state index is 0.118. The minimum atomic E-state index is -3.41. The first kappa shape index (κ1) is 27.2. The lowest BCUT2D eigenvalue weighted by molar-refractivity contribution is -0.114. The van der Waals surface area contributed by atoms with Crippen LogP contribution < -0.4 is 10.6 Å². The average Bonchev–Trinajstić information content (AvgIpc) is 3.46. The number of anilines is 2. The Morgan fingerprint density at radius 1 is 1.05 bits per heavy atom. The number of amides is 1. The normalized spacial score (nSPS) is 15.3. The van der Waals surface area contributed by atoms with E-state index < -0.39 is 10.0 Å². The Balaban J connectivity index is 1.37. The summed E-state index contributed by atoms with van der Waals surface area (Å²) in [5.74, 6) is 0.339. The molecule has 1 amide bonds. The van der Waals surface area contributed by atoms with E-state index in [-0.39, 0.29) is 5.91 Å². The number of aromatic nitrogens is 2. The molecule has 9 nitrogen and oxygen atoms in total. The summed E-state index contributed by atoms with van der Waals surface area (Å²) in [6, 6.07) is 12.7. The lowest BCUT2D eigenvalue weighted by atomic mass is 10.1. The summed E-state index contributed by atoms with van der Waals surface area (Å²) in [6.45, 7) is 5.53. The van der Waals surface area contributed by atoms with Gasteiger partial charge < -0.3 is 15.5 Å². The third-order valence-electron chi connectivity index (χ3n) is 5.69. The number of nitrogens with zero attached hydrogens (tertiary/aromatic N) is 4. The van der Waals surface area contributed by atoms with Crippen LogP contribution in [0.2, 0.25) is 0 Å². The zero-order valence-electron chi connectivity index (χ0n) is 21.2. The molecule has 198 valence electrons. The molecule has 0 radical (unpaired) electrons. The summed E-state index contributed by atoms with van der Waals surface area (Å²) < 4.78 is 27.4. The third-order valence-corrected chi connectivity index (χ3v) is 8.97. The van der Waals surface area contributed by atoms with Gasteiger partial charge in [0.15, 0.2) is 0 Å². The van der Waals surface area contributed by atoms with Gasteiger partial charge in [0.05, 0.1) is 5.69 Å². The maximum absolute atomic E-state index is 12.7. The Morgan fingerprint density at radius 3 is 2.47 bits per heavy atom. The van der Waals surface area contributed by atoms with E-state index >= 15 is 0 Å². The van der Waals surface area contributed by atoms with E-state index in [1.54, 1.807) is 28.0 Å². The van der Waals surface area contributed by atoms with Gasteiger partial charge in [-0.25, -0.2) is 18.4 Å². The molecule has 3 heterocycles. The fraction of sp³-hybridized carbons (Fsp3) is 0.222. The largest absolute Gasteiger partial charge is 0.375 e. The molecule has 0 spiro atoms. The molecule has 1 aliphatic rings. The maximum Gasteiger partial charge on any atom is 0.252 e. The van der Waals surface area contributed by atoms with Crippen molar-refractivity contribution in [2.24, 2.45) is 0 Å². The molecule has 0 aliphatic carbocycles. The summed E-state index contributed by atoms with van der Waals surface area (Å²) in [4.78, 5) is 22.3. The highest BCUT2D eigenvalue weighted by Gasteiger charge is 2.28. The second-order valence-corrected chi connectivity index (χ2v) is 11.6. The third kappa shape index (κ3) is 7.15. The smallest absolute Gasteiger partial charge is 0.252 e. The number of carbonyl (C=O) groups is 1. The molecule has 4 rings (SSSR count). The number of carbonyl (C=O) groups excluding carboxylic acids is 1. The molecule has 1 saturated heterocycles. The van der Waals surface area contributed by atoms with E-state index in [0.717, 1.165) is 22.6 Å². The van der Waals surface area contributed by atoms with Crippen LogP contribution in [0.25, 0.3) is 11.3 Å². The number of allylic oxidation sites excluding steroid dienone is 4. The molecule has 0 unspecified atom stereocenters. The lowest BCUT2D eigenvalue weighted by Gasteiger charge is -2.32. The standard InChI is InChI=1S/C27H30N6O3S2/c1-3-6-23(7-4-15-32-16-18-33(19-17-32)38(35,36)26-8-5-20-37-26)30-27-28-14-13-25(31-27)22-9-11-24(12-10-22)29-21(2)34/h3-15,20H,16-19H2,1-2H3,(H,29,34)(H,28,30,31)/b6-3-,15-4+,23-7+. The molecular weight excluding hydrogens is 520 g/mol. The predicted octanol–water partition coefficient (Wildman–Crippen LogP) is 4.56. The van der Waals surface area contributed by atoms with Gasteiger partial charge in [0, 0.05) is 56.2 Å². The van der Waals surface area contributed by atoms with Crippen LogP contribution in [0.3, 0.4) is 0 Å². The molecule has 0 saturated carbocycles. The molecule has 2 aromatic heterocycles. The number of benzene rings is 1. The number of thiophene rings is 1. The van der Waals surface area contributed by atoms with Crippen LogP contribution in [0.4, 0.5) is 11.6 Å². The highest BCUT2D eigenvalue weighted by atomic mass is 32.2. The molecule has 1 fully saturated rings. The number of sulfonamides is 1. The molecule has 1 aliphatic heterocycles. The van der Waals surface area contributed by atoms with Gasteiger partial charge in [-0.3, -0.25) is 4.79 Å². The molecular formula is C27H30N6O3S2. The fourth-order valence-corrected chi connectivity index (χ4v) is 6.42. The molecule has 0 atom stereocenters. The average molecular weight is 551 g/mol. The van der Waals surface area contributed by atoms with Gasteiger partial charge in [0.25, 0.3) is 10.0 Å². The molecule has 1 aromatic carbocycles. The fourth-order valence-electron chi connectivity index (χ4n) is 3.85. The van der Waals surface area contributed by atoms with Crippen LogP contribution in [0, 0.1) is 0 Å². The monoisotopic (exact) mass is 550 g/mol. The van der Waals surface area contributed by atoms with E-state index in [0.29, 0.717) is 36.3 Å². The first-order valence-electron chi connectivity index (χ1n) is 12.1. The van der Waals surface area contributed by atoms with Crippen molar-refractivity contribution in [1.82, 2.24) is 19.2 Å². The summed E-state index contributed by atoms with van der Waals surface area (Å²) >= 11 is 1.25. The van der Waals surface area contributed by atoms with Gasteiger partial charge >= 0.3 is 0 Å². The van der Waals surface area contributed by atoms with Crippen molar-refractivity contribution >= 4 is 38.9 Å². The summed E-state index contributed by atoms with van der Waals surface area (Å²) in [5.41, 5.74) is 3.19. The second-order valence-electron chi connectivity index (χ2n) is 8.48. The summed E-state index contributed by atoms with van der Waals surface area (Å²) in [7, 11) is -3.41. The maximum atomic E-state index is 12.7. The SMILES string of the molecule is C\C=C/C(=C\C=C\N1CCN(S(=O)(=O)c2cccs2)CC1)Nc1nccc(-c2ccc(NC(C)=O)cc2)n1. The first-order valence-corrected chi connectivity index (χ1v) is 14.4. The van der Waals surface area contributed by atoms with E-state index in [1.165, 1.54) is 18.3 Å². The quantitative estimate of drug-likeness (QED) is 0.376. The Labute approximate surface area is 227 Å². The van der Waals surface area contributed by atoms with Crippen molar-refractivity contribution in [3.05, 3.63) is 90.2 Å². The Hall–Kier alpha value is -3.80. The first-order chi connectivity index (χ1) is 18.3. The van der Waals surface area contributed by atoms with E-state index in [9.17, 15) is 13.2 Å². The van der Waals surface area contributed by atoms with Crippen molar-refractivity contribution in [2.75, 3.05) is 36.8 Å². The Bertz CT molecular complexity index is 1420. The van der Waals surface area contributed by atoms with Gasteiger partial charge in [0.1, 0.15) is 4.21 Å². The van der Waals surface area contributed by atoms with Gasteiger partial charge in [-0.15, -0.1) is 11.3 Å². The molecule has 38 heavy (non-hydrogen) atoms. The van der Waals surface area contributed by atoms with Crippen molar-refractivity contribution in [3.63, 3.8) is 0 Å². The number of nitrogens with one attached hydrogen (secondary N) is 2. The van der Waals surface area contributed by atoms with Crippen LogP contribution in [0.1, 0.15) is 13.8 Å². The molecule has 11 heteroatoms. The minimum Gasteiger partial charge on any atom is -0.375 e. The topological polar surface area (TPSA) is 108 Å². The van der Waals surface area contributed by atoms with Crippen LogP contribution in [0.5, 0.6) is 0 Å². The number of piperazine rings is 1. The second kappa shape index (κ2) is 12.6. The predicted molar refractivity (Wildman–Crippen MR) is 152 cm³/mol.